The van der Waals surface area contributed by atoms with Gasteiger partial charge >= 0.3 is 6.09 Å². The summed E-state index contributed by atoms with van der Waals surface area (Å²) in [5.74, 6) is -1.42. The lowest BCUT2D eigenvalue weighted by Gasteiger charge is -2.44. The normalized spacial score (nSPS) is 23.4. The summed E-state index contributed by atoms with van der Waals surface area (Å²) in [6, 6.07) is 4.77. The molecule has 3 fully saturated rings. The van der Waals surface area contributed by atoms with Crippen LogP contribution in [0.5, 0.6) is 0 Å². The van der Waals surface area contributed by atoms with E-state index in [1.165, 1.54) is 4.90 Å². The number of carboxylic acid groups (broad SMARTS) is 1. The zero-order valence-corrected chi connectivity index (χ0v) is 22.0. The fraction of sp³-hybridized carbons (Fsp3) is 0.545. The molecule has 3 aliphatic heterocycles. The summed E-state index contributed by atoms with van der Waals surface area (Å²) < 4.78 is 28.2. The van der Waals surface area contributed by atoms with Gasteiger partial charge in [-0.25, -0.2) is 4.79 Å². The number of carbonyl (C=O) groups is 3. The smallest absolute Gasteiger partial charge is 0.408 e. The van der Waals surface area contributed by atoms with Crippen molar-refractivity contribution in [3.05, 3.63) is 33.8 Å². The van der Waals surface area contributed by atoms with Gasteiger partial charge in [0, 0.05) is 55.9 Å². The summed E-state index contributed by atoms with van der Waals surface area (Å²) in [4.78, 5) is 40.7. The van der Waals surface area contributed by atoms with Crippen molar-refractivity contribution in [1.82, 2.24) is 23.7 Å². The van der Waals surface area contributed by atoms with Crippen LogP contribution in [0.15, 0.2) is 18.2 Å². The first-order valence-corrected chi connectivity index (χ1v) is 13.8. The summed E-state index contributed by atoms with van der Waals surface area (Å²) in [5, 5.41) is 22.3. The number of amides is 3. The van der Waals surface area contributed by atoms with Crippen molar-refractivity contribution in [2.24, 2.45) is 5.92 Å². The van der Waals surface area contributed by atoms with Crippen LogP contribution >= 0.6 is 23.2 Å². The summed E-state index contributed by atoms with van der Waals surface area (Å²) >= 11 is 12.0. The Kier molecular flexibility index (Phi) is 8.15. The highest BCUT2D eigenvalue weighted by Crippen LogP contribution is 2.27. The third kappa shape index (κ3) is 5.78. The van der Waals surface area contributed by atoms with Crippen molar-refractivity contribution < 1.29 is 27.9 Å². The number of rotatable bonds is 6. The van der Waals surface area contributed by atoms with Crippen LogP contribution in [-0.4, -0.2) is 101 Å². The first-order valence-electron chi connectivity index (χ1n) is 11.7. The standard InChI is InChI=1S/C22H26Cl2N6O6S/c23-16-6-14(7-17(24)8-16)10-26-20(31)18-2-1-3-29(18)21(32)19-13-27(4-5-30(19)22(33)34)37(35,36)28-11-15(9-25)12-28/h6-8,15,18-19H,1-5,10-13H2,(H,26,31)(H,33,34)/t18-,19+/m1/s1. The van der Waals surface area contributed by atoms with Gasteiger partial charge in [-0.1, -0.05) is 23.2 Å². The molecule has 4 rings (SSSR count). The van der Waals surface area contributed by atoms with Gasteiger partial charge in [0.15, 0.2) is 0 Å². The number of benzene rings is 1. The Labute approximate surface area is 224 Å². The molecule has 2 N–H and O–H groups in total. The van der Waals surface area contributed by atoms with Crippen LogP contribution in [0.4, 0.5) is 4.79 Å². The maximum absolute atomic E-state index is 13.5. The Morgan fingerprint density at radius 2 is 1.68 bits per heavy atom. The van der Waals surface area contributed by atoms with E-state index in [1.54, 1.807) is 18.2 Å². The SMILES string of the molecule is N#CC1CN(S(=O)(=O)N2CCN(C(=O)O)[C@H](C(=O)N3CCC[C@@H]3C(=O)NCc3cc(Cl)cc(Cl)c3)C2)C1. The molecule has 0 bridgehead atoms. The van der Waals surface area contributed by atoms with Crippen molar-refractivity contribution in [3.8, 4) is 6.07 Å². The lowest BCUT2D eigenvalue weighted by Crippen LogP contribution is -2.65. The van der Waals surface area contributed by atoms with Crippen molar-refractivity contribution in [2.75, 3.05) is 39.3 Å². The highest BCUT2D eigenvalue weighted by molar-refractivity contribution is 7.86. The van der Waals surface area contributed by atoms with E-state index < -0.39 is 40.2 Å². The minimum Gasteiger partial charge on any atom is -0.465 e. The van der Waals surface area contributed by atoms with Crippen molar-refractivity contribution >= 4 is 51.3 Å². The molecular formula is C22H26Cl2N6O6S. The minimum atomic E-state index is -3.96. The maximum atomic E-state index is 13.5. The van der Waals surface area contributed by atoms with E-state index in [0.717, 1.165) is 13.5 Å². The van der Waals surface area contributed by atoms with E-state index >= 15 is 0 Å². The Balaban J connectivity index is 1.46. The second-order valence-electron chi connectivity index (χ2n) is 9.19. The molecule has 0 spiro atoms. The number of nitriles is 1. The van der Waals surface area contributed by atoms with Gasteiger partial charge in [-0.15, -0.1) is 0 Å². The predicted molar refractivity (Wildman–Crippen MR) is 133 cm³/mol. The van der Waals surface area contributed by atoms with Crippen LogP contribution in [0.25, 0.3) is 0 Å². The second kappa shape index (κ2) is 11.0. The molecule has 3 saturated heterocycles. The fourth-order valence-corrected chi connectivity index (χ4v) is 7.07. The van der Waals surface area contributed by atoms with E-state index in [4.69, 9.17) is 28.5 Å². The molecule has 15 heteroatoms. The van der Waals surface area contributed by atoms with Gasteiger partial charge in [0.05, 0.1) is 12.0 Å². The van der Waals surface area contributed by atoms with Crippen LogP contribution in [-0.2, 0) is 26.3 Å². The van der Waals surface area contributed by atoms with E-state index in [-0.39, 0.29) is 51.7 Å². The van der Waals surface area contributed by atoms with Crippen LogP contribution in [0.2, 0.25) is 10.0 Å². The van der Waals surface area contributed by atoms with Gasteiger partial charge in [0.1, 0.15) is 12.1 Å². The van der Waals surface area contributed by atoms with E-state index in [9.17, 15) is 27.9 Å². The molecule has 12 nitrogen and oxygen atoms in total. The molecule has 0 aliphatic carbocycles. The van der Waals surface area contributed by atoms with E-state index in [2.05, 4.69) is 5.32 Å². The lowest BCUT2D eigenvalue weighted by molar-refractivity contribution is -0.143. The highest BCUT2D eigenvalue weighted by Gasteiger charge is 2.47. The van der Waals surface area contributed by atoms with E-state index in [0.29, 0.717) is 28.5 Å². The molecule has 37 heavy (non-hydrogen) atoms. The van der Waals surface area contributed by atoms with E-state index in [1.807, 2.05) is 6.07 Å². The molecule has 2 atom stereocenters. The average molecular weight is 573 g/mol. The molecule has 3 aliphatic rings. The third-order valence-electron chi connectivity index (χ3n) is 6.78. The molecule has 200 valence electrons. The Morgan fingerprint density at radius 3 is 2.30 bits per heavy atom. The summed E-state index contributed by atoms with van der Waals surface area (Å²) in [7, 11) is -3.96. The molecule has 1 aromatic carbocycles. The lowest BCUT2D eigenvalue weighted by atomic mass is 10.1. The van der Waals surface area contributed by atoms with Crippen LogP contribution in [0, 0.1) is 17.2 Å². The van der Waals surface area contributed by atoms with Crippen LogP contribution in [0.3, 0.4) is 0 Å². The Bertz CT molecular complexity index is 1210. The molecule has 0 unspecified atom stereocenters. The topological polar surface area (TPSA) is 154 Å². The maximum Gasteiger partial charge on any atom is 0.408 e. The molecule has 1 aromatic rings. The molecular weight excluding hydrogens is 547 g/mol. The minimum absolute atomic E-state index is 0.0583. The van der Waals surface area contributed by atoms with Crippen molar-refractivity contribution in [2.45, 2.75) is 31.5 Å². The number of nitrogens with zero attached hydrogens (tertiary/aromatic N) is 5. The molecule has 3 heterocycles. The van der Waals surface area contributed by atoms with Crippen LogP contribution in [0.1, 0.15) is 18.4 Å². The highest BCUT2D eigenvalue weighted by atomic mass is 35.5. The zero-order chi connectivity index (χ0) is 26.9. The number of hydrogen-bond donors (Lipinski definition) is 2. The van der Waals surface area contributed by atoms with Gasteiger partial charge in [0.25, 0.3) is 10.2 Å². The summed E-state index contributed by atoms with van der Waals surface area (Å²) in [5.41, 5.74) is 0.677. The number of hydrogen-bond acceptors (Lipinski definition) is 6. The number of halogens is 2. The second-order valence-corrected chi connectivity index (χ2v) is 12.0. The first kappa shape index (κ1) is 27.4. The monoisotopic (exact) mass is 572 g/mol. The number of piperazine rings is 1. The zero-order valence-electron chi connectivity index (χ0n) is 19.7. The van der Waals surface area contributed by atoms with Gasteiger partial charge in [0.2, 0.25) is 11.8 Å². The third-order valence-corrected chi connectivity index (χ3v) is 9.16. The molecule has 3 amide bonds. The van der Waals surface area contributed by atoms with Crippen LogP contribution < -0.4 is 5.32 Å². The Morgan fingerprint density at radius 1 is 1.00 bits per heavy atom. The van der Waals surface area contributed by atoms with Crippen molar-refractivity contribution in [3.63, 3.8) is 0 Å². The largest absolute Gasteiger partial charge is 0.465 e. The molecule has 0 radical (unpaired) electrons. The summed E-state index contributed by atoms with van der Waals surface area (Å²) in [6.07, 6.45) is -0.418. The van der Waals surface area contributed by atoms with Gasteiger partial charge in [-0.2, -0.15) is 22.3 Å². The number of carbonyl (C=O) groups excluding carboxylic acids is 2. The molecule has 0 aromatic heterocycles. The number of nitrogens with one attached hydrogen (secondary N) is 1. The Hall–Kier alpha value is -2.63. The average Bonchev–Trinajstić information content (AvgIpc) is 3.30. The van der Waals surface area contributed by atoms with Gasteiger partial charge < -0.3 is 15.3 Å². The summed E-state index contributed by atoms with van der Waals surface area (Å²) in [6.45, 7) is -0.182. The number of likely N-dealkylation sites (tertiary alicyclic amines) is 1. The first-order chi connectivity index (χ1) is 17.5. The molecule has 0 saturated carbocycles. The predicted octanol–water partition coefficient (Wildman–Crippen LogP) is 0.965. The fourth-order valence-electron chi connectivity index (χ4n) is 4.79. The quantitative estimate of drug-likeness (QED) is 0.514. The van der Waals surface area contributed by atoms with Gasteiger partial charge in [-0.05, 0) is 36.6 Å². The van der Waals surface area contributed by atoms with Gasteiger partial charge in [-0.3, -0.25) is 14.5 Å². The van der Waals surface area contributed by atoms with Crippen molar-refractivity contribution in [1.29, 1.82) is 5.26 Å².